The lowest BCUT2D eigenvalue weighted by Gasteiger charge is -2.13. The van der Waals surface area contributed by atoms with Gasteiger partial charge in [0.25, 0.3) is 5.91 Å². The van der Waals surface area contributed by atoms with Crippen LogP contribution < -0.4 is 5.32 Å². The molecule has 0 radical (unpaired) electrons. The number of alkyl halides is 3. The van der Waals surface area contributed by atoms with Crippen LogP contribution >= 0.6 is 15.9 Å². The van der Waals surface area contributed by atoms with Crippen molar-refractivity contribution in [1.29, 1.82) is 0 Å². The van der Waals surface area contributed by atoms with Crippen molar-refractivity contribution >= 4 is 44.3 Å². The number of aryl methyl sites for hydroxylation is 1. The maximum Gasteiger partial charge on any atom is 0.433 e. The first kappa shape index (κ1) is 27.3. The first-order valence-corrected chi connectivity index (χ1v) is 12.4. The van der Waals surface area contributed by atoms with Gasteiger partial charge in [-0.15, -0.1) is 0 Å². The summed E-state index contributed by atoms with van der Waals surface area (Å²) in [6, 6.07) is 12.9. The molecule has 0 unspecified atom stereocenters. The van der Waals surface area contributed by atoms with Gasteiger partial charge in [-0.05, 0) is 49.2 Å². The fourth-order valence-corrected chi connectivity index (χ4v) is 4.37. The summed E-state index contributed by atoms with van der Waals surface area (Å²) in [6.07, 6.45) is -4.40. The molecule has 0 aliphatic heterocycles. The third-order valence-electron chi connectivity index (χ3n) is 6.14. The van der Waals surface area contributed by atoms with E-state index in [1.54, 1.807) is 44.8 Å². The number of amides is 2. The van der Waals surface area contributed by atoms with Crippen molar-refractivity contribution in [2.45, 2.75) is 33.0 Å². The minimum atomic E-state index is -4.71. The van der Waals surface area contributed by atoms with Crippen LogP contribution in [-0.2, 0) is 23.9 Å². The van der Waals surface area contributed by atoms with Gasteiger partial charge in [0.2, 0.25) is 5.91 Å². The average molecular weight is 588 g/mol. The highest BCUT2D eigenvalue weighted by Crippen LogP contribution is 2.32. The van der Waals surface area contributed by atoms with Crippen LogP contribution in [0.3, 0.4) is 0 Å². The molecule has 38 heavy (non-hydrogen) atoms. The van der Waals surface area contributed by atoms with Gasteiger partial charge in [0.05, 0.1) is 41.1 Å². The minimum Gasteiger partial charge on any atom is -0.349 e. The van der Waals surface area contributed by atoms with Gasteiger partial charge in [-0.25, -0.2) is 4.98 Å². The van der Waals surface area contributed by atoms with E-state index in [1.807, 2.05) is 24.3 Å². The van der Waals surface area contributed by atoms with Gasteiger partial charge in [-0.2, -0.15) is 18.3 Å². The lowest BCUT2D eigenvalue weighted by atomic mass is 10.1. The zero-order chi connectivity index (χ0) is 27.8. The molecule has 11 heteroatoms. The highest BCUT2D eigenvalue weighted by atomic mass is 79.9. The zero-order valence-corrected chi connectivity index (χ0v) is 22.7. The largest absolute Gasteiger partial charge is 0.433 e. The molecule has 0 bridgehead atoms. The van der Waals surface area contributed by atoms with Crippen molar-refractivity contribution in [2.24, 2.45) is 0 Å². The minimum absolute atomic E-state index is 0.00775. The van der Waals surface area contributed by atoms with Crippen molar-refractivity contribution in [2.75, 3.05) is 19.4 Å². The van der Waals surface area contributed by atoms with Crippen LogP contribution in [0.5, 0.6) is 0 Å². The monoisotopic (exact) mass is 587 g/mol. The zero-order valence-electron chi connectivity index (χ0n) is 21.2. The van der Waals surface area contributed by atoms with Crippen LogP contribution in [0.2, 0.25) is 0 Å². The van der Waals surface area contributed by atoms with Crippen LogP contribution in [-0.4, -0.2) is 45.6 Å². The second kappa shape index (κ2) is 10.6. The Morgan fingerprint density at radius 3 is 2.32 bits per heavy atom. The summed E-state index contributed by atoms with van der Waals surface area (Å²) in [7, 11) is 3.42. The van der Waals surface area contributed by atoms with Gasteiger partial charge in [0.15, 0.2) is 0 Å². The van der Waals surface area contributed by atoms with E-state index in [9.17, 15) is 22.8 Å². The van der Waals surface area contributed by atoms with E-state index in [0.29, 0.717) is 39.9 Å². The molecular weight excluding hydrogens is 563 g/mol. The maximum atomic E-state index is 13.5. The Hall–Kier alpha value is -3.73. The van der Waals surface area contributed by atoms with E-state index in [1.165, 1.54) is 11.0 Å². The van der Waals surface area contributed by atoms with Gasteiger partial charge in [0.1, 0.15) is 5.69 Å². The summed E-state index contributed by atoms with van der Waals surface area (Å²) in [5.41, 5.74) is 2.22. The van der Waals surface area contributed by atoms with Gasteiger partial charge in [0, 0.05) is 24.0 Å². The standard InChI is InChI=1S/C27H25BrF3N5O2/c1-15-25(16(2)36(34-15)14-18-7-5-17(6-8-18)11-24(37)35(3)4)33-26(38)21-13-23(27(29,30)31)32-22-10-9-19(28)12-20(21)22/h5-10,12-13H,11,14H2,1-4H3,(H,33,38). The van der Waals surface area contributed by atoms with E-state index in [0.717, 1.165) is 17.2 Å². The Morgan fingerprint density at radius 2 is 1.68 bits per heavy atom. The van der Waals surface area contributed by atoms with E-state index in [-0.39, 0.29) is 17.0 Å². The maximum absolute atomic E-state index is 13.5. The number of nitrogens with zero attached hydrogens (tertiary/aromatic N) is 4. The molecule has 2 aromatic heterocycles. The number of benzene rings is 2. The number of likely N-dealkylation sites (N-methyl/N-ethyl adjacent to an activating group) is 1. The van der Waals surface area contributed by atoms with E-state index in [2.05, 4.69) is 31.3 Å². The van der Waals surface area contributed by atoms with Crippen LogP contribution in [0.25, 0.3) is 10.9 Å². The number of hydrogen-bond acceptors (Lipinski definition) is 4. The van der Waals surface area contributed by atoms with Gasteiger partial charge < -0.3 is 10.2 Å². The quantitative estimate of drug-likeness (QED) is 0.311. The molecule has 4 aromatic rings. The Labute approximate surface area is 225 Å². The lowest BCUT2D eigenvalue weighted by Crippen LogP contribution is -2.23. The molecule has 2 amide bonds. The number of carbonyl (C=O) groups excluding carboxylic acids is 2. The summed E-state index contributed by atoms with van der Waals surface area (Å²) in [5.74, 6) is -0.685. The van der Waals surface area contributed by atoms with Crippen LogP contribution in [0, 0.1) is 13.8 Å². The number of anilines is 1. The summed E-state index contributed by atoms with van der Waals surface area (Å²) in [5, 5.41) is 7.57. The number of halogens is 4. The number of nitrogens with one attached hydrogen (secondary N) is 1. The average Bonchev–Trinajstić information content (AvgIpc) is 3.11. The molecule has 0 fully saturated rings. The fourth-order valence-electron chi connectivity index (χ4n) is 4.01. The van der Waals surface area contributed by atoms with E-state index in [4.69, 9.17) is 0 Å². The molecular formula is C27H25BrF3N5O2. The summed E-state index contributed by atoms with van der Waals surface area (Å²) >= 11 is 3.31. The van der Waals surface area contributed by atoms with Crippen molar-refractivity contribution in [3.63, 3.8) is 0 Å². The SMILES string of the molecule is Cc1nn(Cc2ccc(CC(=O)N(C)C)cc2)c(C)c1NC(=O)c1cc(C(F)(F)F)nc2ccc(Br)cc12. The molecule has 1 N–H and O–H groups in total. The molecule has 198 valence electrons. The Morgan fingerprint density at radius 1 is 1.03 bits per heavy atom. The normalized spacial score (nSPS) is 11.6. The van der Waals surface area contributed by atoms with Crippen molar-refractivity contribution in [3.8, 4) is 0 Å². The molecule has 0 saturated heterocycles. The predicted molar refractivity (Wildman–Crippen MR) is 142 cm³/mol. The van der Waals surface area contributed by atoms with Gasteiger partial charge in [-0.3, -0.25) is 14.3 Å². The lowest BCUT2D eigenvalue weighted by molar-refractivity contribution is -0.141. The first-order valence-electron chi connectivity index (χ1n) is 11.6. The molecule has 0 aliphatic rings. The molecule has 2 aromatic carbocycles. The van der Waals surface area contributed by atoms with Crippen molar-refractivity contribution < 1.29 is 22.8 Å². The Bertz CT molecular complexity index is 1530. The second-order valence-electron chi connectivity index (χ2n) is 9.15. The smallest absolute Gasteiger partial charge is 0.349 e. The highest BCUT2D eigenvalue weighted by Gasteiger charge is 2.34. The predicted octanol–water partition coefficient (Wildman–Crippen LogP) is 5.76. The van der Waals surface area contributed by atoms with E-state index < -0.39 is 17.8 Å². The third kappa shape index (κ3) is 5.88. The summed E-state index contributed by atoms with van der Waals surface area (Å²) < 4.78 is 42.8. The molecule has 0 aliphatic carbocycles. The third-order valence-corrected chi connectivity index (χ3v) is 6.63. The van der Waals surface area contributed by atoms with Crippen molar-refractivity contribution in [1.82, 2.24) is 19.7 Å². The van der Waals surface area contributed by atoms with E-state index >= 15 is 0 Å². The number of carbonyl (C=O) groups is 2. The summed E-state index contributed by atoms with van der Waals surface area (Å²) in [6.45, 7) is 3.91. The molecule has 7 nitrogen and oxygen atoms in total. The number of hydrogen-bond donors (Lipinski definition) is 1. The Balaban J connectivity index is 1.60. The Kier molecular flexibility index (Phi) is 7.59. The number of pyridine rings is 1. The van der Waals surface area contributed by atoms with Gasteiger partial charge in [-0.1, -0.05) is 40.2 Å². The topological polar surface area (TPSA) is 80.1 Å². The van der Waals surface area contributed by atoms with Crippen LogP contribution in [0.4, 0.5) is 18.9 Å². The van der Waals surface area contributed by atoms with Crippen LogP contribution in [0.1, 0.15) is 38.6 Å². The number of rotatable bonds is 6. The molecule has 2 heterocycles. The van der Waals surface area contributed by atoms with Gasteiger partial charge >= 0.3 is 6.18 Å². The summed E-state index contributed by atoms with van der Waals surface area (Å²) in [4.78, 5) is 30.4. The molecule has 0 saturated carbocycles. The molecule has 4 rings (SSSR count). The first-order chi connectivity index (χ1) is 17.8. The van der Waals surface area contributed by atoms with Crippen molar-refractivity contribution in [3.05, 3.63) is 86.8 Å². The fraction of sp³-hybridized carbons (Fsp3) is 0.259. The highest BCUT2D eigenvalue weighted by molar-refractivity contribution is 9.10. The molecule has 0 spiro atoms. The number of fused-ring (bicyclic) bond motifs is 1. The van der Waals surface area contributed by atoms with Crippen LogP contribution in [0.15, 0.2) is 53.0 Å². The second-order valence-corrected chi connectivity index (χ2v) is 10.1. The number of aromatic nitrogens is 3. The molecule has 0 atom stereocenters.